The number of carbonyl (C=O) groups is 1. The second-order valence-corrected chi connectivity index (χ2v) is 5.30. The molecule has 23 heavy (non-hydrogen) atoms. The van der Waals surface area contributed by atoms with Gasteiger partial charge in [0, 0.05) is 5.56 Å². The van der Waals surface area contributed by atoms with Gasteiger partial charge in [0.2, 0.25) is 5.82 Å². The lowest BCUT2D eigenvalue weighted by atomic mass is 10.1. The van der Waals surface area contributed by atoms with Crippen LogP contribution < -0.4 is 0 Å². The summed E-state index contributed by atoms with van der Waals surface area (Å²) in [7, 11) is 0. The Kier molecular flexibility index (Phi) is 3.65. The Morgan fingerprint density at radius 1 is 1.13 bits per heavy atom. The molecule has 0 saturated heterocycles. The van der Waals surface area contributed by atoms with Crippen LogP contribution in [0.1, 0.15) is 21.5 Å². The molecule has 1 aromatic heterocycles. The highest BCUT2D eigenvalue weighted by molar-refractivity contribution is 5.89. The maximum atomic E-state index is 13.9. The molecule has 116 valence electrons. The summed E-state index contributed by atoms with van der Waals surface area (Å²) >= 11 is 0. The second kappa shape index (κ2) is 5.64. The van der Waals surface area contributed by atoms with E-state index in [-0.39, 0.29) is 22.8 Å². The third-order valence-corrected chi connectivity index (χ3v) is 3.36. The smallest absolute Gasteiger partial charge is 0.335 e. The fourth-order valence-electron chi connectivity index (χ4n) is 2.29. The van der Waals surface area contributed by atoms with Crippen molar-refractivity contribution in [2.75, 3.05) is 0 Å². The first-order valence-corrected chi connectivity index (χ1v) is 6.89. The molecule has 1 N–H and O–H groups in total. The van der Waals surface area contributed by atoms with Crippen LogP contribution in [0.4, 0.5) is 4.39 Å². The molecule has 0 atom stereocenters. The molecule has 0 aliphatic carbocycles. The van der Waals surface area contributed by atoms with Crippen LogP contribution in [0, 0.1) is 19.7 Å². The normalized spacial score (nSPS) is 10.7. The van der Waals surface area contributed by atoms with Crippen molar-refractivity contribution in [1.29, 1.82) is 0 Å². The zero-order valence-electron chi connectivity index (χ0n) is 12.5. The quantitative estimate of drug-likeness (QED) is 0.794. The van der Waals surface area contributed by atoms with E-state index in [9.17, 15) is 9.18 Å². The first-order chi connectivity index (χ1) is 10.9. The van der Waals surface area contributed by atoms with E-state index < -0.39 is 11.8 Å². The van der Waals surface area contributed by atoms with Crippen molar-refractivity contribution in [3.8, 4) is 22.8 Å². The van der Waals surface area contributed by atoms with Crippen molar-refractivity contribution < 1.29 is 18.8 Å². The number of carboxylic acid groups (broad SMARTS) is 1. The van der Waals surface area contributed by atoms with Gasteiger partial charge in [0.25, 0.3) is 5.89 Å². The molecular formula is C17H13FN2O3. The maximum absolute atomic E-state index is 13.9. The zero-order valence-corrected chi connectivity index (χ0v) is 12.5. The fourth-order valence-corrected chi connectivity index (χ4v) is 2.29. The molecule has 0 spiro atoms. The van der Waals surface area contributed by atoms with Crippen molar-refractivity contribution >= 4 is 5.97 Å². The molecule has 2 aromatic carbocycles. The number of aryl methyl sites for hydroxylation is 2. The summed E-state index contributed by atoms with van der Waals surface area (Å²) in [5.74, 6) is -1.23. The van der Waals surface area contributed by atoms with E-state index in [0.717, 1.165) is 11.1 Å². The van der Waals surface area contributed by atoms with Crippen molar-refractivity contribution in [2.24, 2.45) is 0 Å². The Morgan fingerprint density at radius 3 is 2.65 bits per heavy atom. The van der Waals surface area contributed by atoms with E-state index in [1.54, 1.807) is 31.2 Å². The molecule has 0 amide bonds. The summed E-state index contributed by atoms with van der Waals surface area (Å²) in [6, 6.07) is 9.35. The highest BCUT2D eigenvalue weighted by Gasteiger charge is 2.16. The molecule has 0 radical (unpaired) electrons. The fraction of sp³-hybridized carbons (Fsp3) is 0.118. The summed E-state index contributed by atoms with van der Waals surface area (Å²) in [6.07, 6.45) is 0. The van der Waals surface area contributed by atoms with E-state index in [2.05, 4.69) is 10.1 Å². The summed E-state index contributed by atoms with van der Waals surface area (Å²) in [6.45, 7) is 3.61. The molecule has 0 saturated carbocycles. The number of rotatable bonds is 3. The lowest BCUT2D eigenvalue weighted by molar-refractivity contribution is 0.0697. The summed E-state index contributed by atoms with van der Waals surface area (Å²) in [4.78, 5) is 15.3. The average Bonchev–Trinajstić information content (AvgIpc) is 2.98. The van der Waals surface area contributed by atoms with Gasteiger partial charge in [-0.3, -0.25) is 0 Å². The summed E-state index contributed by atoms with van der Waals surface area (Å²) in [5, 5.41) is 12.9. The first kappa shape index (κ1) is 14.9. The molecule has 3 rings (SSSR count). The number of carboxylic acids is 1. The molecule has 3 aromatic rings. The number of hydrogen-bond donors (Lipinski definition) is 1. The second-order valence-electron chi connectivity index (χ2n) is 5.30. The standard InChI is InChI=1S/C17H13FN2O3/c1-9-3-4-14(18)13(7-9)16-19-15(20-23-16)11-5-10(2)6-12(8-11)17(21)22/h3-8H,1-2H3,(H,21,22). The van der Waals surface area contributed by atoms with Crippen molar-refractivity contribution in [1.82, 2.24) is 10.1 Å². The van der Waals surface area contributed by atoms with Crippen molar-refractivity contribution in [2.45, 2.75) is 13.8 Å². The minimum atomic E-state index is -1.04. The first-order valence-electron chi connectivity index (χ1n) is 6.89. The Morgan fingerprint density at radius 2 is 1.91 bits per heavy atom. The molecule has 0 bridgehead atoms. The molecule has 6 heteroatoms. The van der Waals surface area contributed by atoms with Gasteiger partial charge in [-0.25, -0.2) is 9.18 Å². The van der Waals surface area contributed by atoms with Gasteiger partial charge < -0.3 is 9.63 Å². The van der Waals surface area contributed by atoms with Crippen LogP contribution in [0.5, 0.6) is 0 Å². The van der Waals surface area contributed by atoms with Crippen LogP contribution in [0.25, 0.3) is 22.8 Å². The van der Waals surface area contributed by atoms with Gasteiger partial charge in [-0.05, 0) is 49.7 Å². The van der Waals surface area contributed by atoms with Crippen LogP contribution in [0.3, 0.4) is 0 Å². The topological polar surface area (TPSA) is 76.2 Å². The molecule has 0 aliphatic rings. The van der Waals surface area contributed by atoms with E-state index >= 15 is 0 Å². The SMILES string of the molecule is Cc1cc(C(=O)O)cc(-c2noc(-c3cc(C)ccc3F)n2)c1. The summed E-state index contributed by atoms with van der Waals surface area (Å²) in [5.41, 5.74) is 2.48. The number of halogens is 1. The van der Waals surface area contributed by atoms with Crippen molar-refractivity contribution in [3.63, 3.8) is 0 Å². The number of benzene rings is 2. The van der Waals surface area contributed by atoms with Crippen LogP contribution in [-0.4, -0.2) is 21.2 Å². The predicted molar refractivity (Wildman–Crippen MR) is 81.6 cm³/mol. The molecular weight excluding hydrogens is 299 g/mol. The number of hydrogen-bond acceptors (Lipinski definition) is 4. The monoisotopic (exact) mass is 312 g/mol. The maximum Gasteiger partial charge on any atom is 0.335 e. The van der Waals surface area contributed by atoms with Crippen LogP contribution in [-0.2, 0) is 0 Å². The van der Waals surface area contributed by atoms with Crippen LogP contribution >= 0.6 is 0 Å². The van der Waals surface area contributed by atoms with Crippen LogP contribution in [0.2, 0.25) is 0 Å². The largest absolute Gasteiger partial charge is 0.478 e. The van der Waals surface area contributed by atoms with Gasteiger partial charge in [-0.2, -0.15) is 4.98 Å². The number of nitrogens with zero attached hydrogens (tertiary/aromatic N) is 2. The highest BCUT2D eigenvalue weighted by atomic mass is 19.1. The lowest BCUT2D eigenvalue weighted by Crippen LogP contribution is -1.97. The van der Waals surface area contributed by atoms with Gasteiger partial charge in [0.05, 0.1) is 11.1 Å². The van der Waals surface area contributed by atoms with Gasteiger partial charge in [0.1, 0.15) is 5.82 Å². The van der Waals surface area contributed by atoms with Gasteiger partial charge in [-0.15, -0.1) is 0 Å². The third kappa shape index (κ3) is 2.96. The van der Waals surface area contributed by atoms with E-state index in [1.807, 2.05) is 6.92 Å². The number of aromatic nitrogens is 2. The van der Waals surface area contributed by atoms with Crippen molar-refractivity contribution in [3.05, 3.63) is 58.9 Å². The predicted octanol–water partition coefficient (Wildman–Crippen LogP) is 3.86. The lowest BCUT2D eigenvalue weighted by Gasteiger charge is -2.01. The molecule has 5 nitrogen and oxygen atoms in total. The third-order valence-electron chi connectivity index (χ3n) is 3.36. The molecule has 0 aliphatic heterocycles. The Balaban J connectivity index is 2.06. The average molecular weight is 312 g/mol. The molecule has 1 heterocycles. The zero-order chi connectivity index (χ0) is 16.6. The van der Waals surface area contributed by atoms with Gasteiger partial charge in [0.15, 0.2) is 0 Å². The minimum absolute atomic E-state index is 0.0552. The Bertz CT molecular complexity index is 903. The van der Waals surface area contributed by atoms with E-state index in [1.165, 1.54) is 12.1 Å². The minimum Gasteiger partial charge on any atom is -0.478 e. The Hall–Kier alpha value is -3.02. The number of aromatic carboxylic acids is 1. The summed E-state index contributed by atoms with van der Waals surface area (Å²) < 4.78 is 19.0. The molecule has 0 unspecified atom stereocenters. The highest BCUT2D eigenvalue weighted by Crippen LogP contribution is 2.26. The molecule has 0 fully saturated rings. The van der Waals surface area contributed by atoms with E-state index in [0.29, 0.717) is 5.56 Å². The van der Waals surface area contributed by atoms with Gasteiger partial charge >= 0.3 is 5.97 Å². The Labute approximate surface area is 131 Å². The van der Waals surface area contributed by atoms with Crippen LogP contribution in [0.15, 0.2) is 40.9 Å². The van der Waals surface area contributed by atoms with Gasteiger partial charge in [-0.1, -0.05) is 16.8 Å². The van der Waals surface area contributed by atoms with E-state index in [4.69, 9.17) is 9.63 Å².